The molecule has 3 N–H and O–H groups in total. The van der Waals surface area contributed by atoms with E-state index in [2.05, 4.69) is 10.3 Å². The van der Waals surface area contributed by atoms with Crippen LogP contribution in [0.1, 0.15) is 27.0 Å². The zero-order valence-electron chi connectivity index (χ0n) is 11.8. The average molecular weight is 269 g/mol. The number of hydrogen-bond donors (Lipinski definition) is 2. The number of carbonyl (C=O) groups excluding carboxylic acids is 1. The van der Waals surface area contributed by atoms with Crippen LogP contribution in [0.3, 0.4) is 0 Å². The lowest BCUT2D eigenvalue weighted by Crippen LogP contribution is -2.15. The van der Waals surface area contributed by atoms with Crippen molar-refractivity contribution in [3.05, 3.63) is 58.8 Å². The number of nitrogen functional groups attached to an aromatic ring is 1. The number of benzene rings is 1. The van der Waals surface area contributed by atoms with Crippen molar-refractivity contribution in [2.75, 3.05) is 19.3 Å². The highest BCUT2D eigenvalue weighted by Crippen LogP contribution is 2.21. The summed E-state index contributed by atoms with van der Waals surface area (Å²) in [6.45, 7) is 2.70. The van der Waals surface area contributed by atoms with E-state index in [0.29, 0.717) is 16.9 Å². The van der Waals surface area contributed by atoms with Crippen LogP contribution in [0.4, 0.5) is 5.82 Å². The lowest BCUT2D eigenvalue weighted by molar-refractivity contribution is 0.103. The number of hydrogen-bond acceptors (Lipinski definition) is 4. The maximum absolute atomic E-state index is 12.7. The highest BCUT2D eigenvalue weighted by atomic mass is 16.1. The fraction of sp³-hybridized carbons (Fsp3) is 0.250. The smallest absolute Gasteiger partial charge is 0.197 e. The number of aryl methyl sites for hydroxylation is 1. The molecule has 1 aromatic heterocycles. The van der Waals surface area contributed by atoms with Crippen LogP contribution >= 0.6 is 0 Å². The summed E-state index contributed by atoms with van der Waals surface area (Å²) in [6.07, 6.45) is 2.42. The first-order chi connectivity index (χ1) is 9.65. The number of carbonyl (C=O) groups is 1. The van der Waals surface area contributed by atoms with Crippen molar-refractivity contribution in [3.8, 4) is 0 Å². The number of rotatable bonds is 5. The molecule has 0 radical (unpaired) electrons. The third-order valence-electron chi connectivity index (χ3n) is 3.32. The van der Waals surface area contributed by atoms with Crippen molar-refractivity contribution < 1.29 is 4.79 Å². The van der Waals surface area contributed by atoms with E-state index in [0.717, 1.165) is 24.1 Å². The van der Waals surface area contributed by atoms with Gasteiger partial charge in [-0.1, -0.05) is 24.3 Å². The third kappa shape index (κ3) is 2.86. The molecule has 0 unspecified atom stereocenters. The maximum Gasteiger partial charge on any atom is 0.197 e. The number of ketones is 1. The summed E-state index contributed by atoms with van der Waals surface area (Å²) in [6, 6.07) is 9.45. The van der Waals surface area contributed by atoms with Crippen LogP contribution in [0.5, 0.6) is 0 Å². The number of likely N-dealkylation sites (N-methyl/N-ethyl adjacent to an activating group) is 1. The van der Waals surface area contributed by atoms with Gasteiger partial charge in [-0.25, -0.2) is 4.98 Å². The van der Waals surface area contributed by atoms with Gasteiger partial charge in [-0.2, -0.15) is 0 Å². The molecular formula is C16H19N3O. The van der Waals surface area contributed by atoms with E-state index >= 15 is 0 Å². The SMILES string of the molecule is CNCCc1ccccc1C(=O)c1c(C)ccnc1N. The van der Waals surface area contributed by atoms with E-state index in [1.165, 1.54) is 0 Å². The maximum atomic E-state index is 12.7. The molecule has 0 aliphatic rings. The van der Waals surface area contributed by atoms with Crippen molar-refractivity contribution in [1.29, 1.82) is 0 Å². The predicted molar refractivity (Wildman–Crippen MR) is 80.9 cm³/mol. The third-order valence-corrected chi connectivity index (χ3v) is 3.32. The molecule has 0 bridgehead atoms. The fourth-order valence-corrected chi connectivity index (χ4v) is 2.23. The van der Waals surface area contributed by atoms with Crippen LogP contribution in [0.15, 0.2) is 36.5 Å². The molecular weight excluding hydrogens is 250 g/mol. The van der Waals surface area contributed by atoms with Crippen molar-refractivity contribution in [2.45, 2.75) is 13.3 Å². The van der Waals surface area contributed by atoms with Crippen molar-refractivity contribution in [1.82, 2.24) is 10.3 Å². The number of nitrogens with zero attached hydrogens (tertiary/aromatic N) is 1. The topological polar surface area (TPSA) is 68.0 Å². The van der Waals surface area contributed by atoms with Crippen LogP contribution in [0.2, 0.25) is 0 Å². The molecule has 4 heteroatoms. The summed E-state index contributed by atoms with van der Waals surface area (Å²) >= 11 is 0. The van der Waals surface area contributed by atoms with Gasteiger partial charge in [-0.05, 0) is 44.1 Å². The highest BCUT2D eigenvalue weighted by molar-refractivity contribution is 6.13. The number of nitrogens with one attached hydrogen (secondary N) is 1. The summed E-state index contributed by atoms with van der Waals surface area (Å²) in [5, 5.41) is 3.10. The molecule has 0 fully saturated rings. The molecule has 2 rings (SSSR count). The molecule has 0 aliphatic carbocycles. The Hall–Kier alpha value is -2.20. The molecule has 0 saturated heterocycles. The van der Waals surface area contributed by atoms with Gasteiger partial charge in [-0.3, -0.25) is 4.79 Å². The normalized spacial score (nSPS) is 10.5. The molecule has 2 aromatic rings. The molecule has 0 aliphatic heterocycles. The number of pyridine rings is 1. The first-order valence-corrected chi connectivity index (χ1v) is 6.63. The zero-order valence-corrected chi connectivity index (χ0v) is 11.8. The van der Waals surface area contributed by atoms with Gasteiger partial charge in [0, 0.05) is 11.8 Å². The van der Waals surface area contributed by atoms with E-state index in [-0.39, 0.29) is 5.78 Å². The molecule has 0 atom stereocenters. The molecule has 0 saturated carbocycles. The van der Waals surface area contributed by atoms with Crippen LogP contribution < -0.4 is 11.1 Å². The van der Waals surface area contributed by atoms with Crippen molar-refractivity contribution in [3.63, 3.8) is 0 Å². The molecule has 4 nitrogen and oxygen atoms in total. The Labute approximate surface area is 119 Å². The summed E-state index contributed by atoms with van der Waals surface area (Å²) in [5.41, 5.74) is 8.94. The van der Waals surface area contributed by atoms with Crippen LogP contribution in [0, 0.1) is 6.92 Å². The van der Waals surface area contributed by atoms with Crippen molar-refractivity contribution >= 4 is 11.6 Å². The molecule has 104 valence electrons. The zero-order chi connectivity index (χ0) is 14.5. The van der Waals surface area contributed by atoms with Crippen molar-refractivity contribution in [2.24, 2.45) is 0 Å². The van der Waals surface area contributed by atoms with E-state index in [1.807, 2.05) is 38.2 Å². The molecule has 1 aromatic carbocycles. The first-order valence-electron chi connectivity index (χ1n) is 6.63. The van der Waals surface area contributed by atoms with Gasteiger partial charge in [0.05, 0.1) is 5.56 Å². The van der Waals surface area contributed by atoms with E-state index in [4.69, 9.17) is 5.73 Å². The van der Waals surface area contributed by atoms with Gasteiger partial charge in [0.1, 0.15) is 5.82 Å². The standard InChI is InChI=1S/C16H19N3O/c1-11-7-10-19-16(17)14(11)15(20)13-6-4-3-5-12(13)8-9-18-2/h3-7,10,18H,8-9H2,1-2H3,(H2,17,19). The van der Waals surface area contributed by atoms with Gasteiger partial charge >= 0.3 is 0 Å². The fourth-order valence-electron chi connectivity index (χ4n) is 2.23. The quantitative estimate of drug-likeness (QED) is 0.814. The summed E-state index contributed by atoms with van der Waals surface area (Å²) in [4.78, 5) is 16.8. The molecule has 1 heterocycles. The Morgan fingerprint density at radius 2 is 2.05 bits per heavy atom. The Morgan fingerprint density at radius 1 is 1.30 bits per heavy atom. The van der Waals surface area contributed by atoms with Gasteiger partial charge in [-0.15, -0.1) is 0 Å². The minimum Gasteiger partial charge on any atom is -0.383 e. The van der Waals surface area contributed by atoms with Crippen LogP contribution in [-0.4, -0.2) is 24.4 Å². The minimum atomic E-state index is -0.0557. The van der Waals surface area contributed by atoms with E-state index in [1.54, 1.807) is 12.3 Å². The number of nitrogens with two attached hydrogens (primary N) is 1. The second-order valence-corrected chi connectivity index (χ2v) is 4.73. The number of anilines is 1. The van der Waals surface area contributed by atoms with Crippen LogP contribution in [-0.2, 0) is 6.42 Å². The Balaban J connectivity index is 2.43. The second-order valence-electron chi connectivity index (χ2n) is 4.73. The lowest BCUT2D eigenvalue weighted by Gasteiger charge is -2.11. The first kappa shape index (κ1) is 14.2. The van der Waals surface area contributed by atoms with Gasteiger partial charge in [0.2, 0.25) is 0 Å². The minimum absolute atomic E-state index is 0.0557. The number of aromatic nitrogens is 1. The Morgan fingerprint density at radius 3 is 2.75 bits per heavy atom. The summed E-state index contributed by atoms with van der Waals surface area (Å²) < 4.78 is 0. The van der Waals surface area contributed by atoms with Gasteiger partial charge in [0.25, 0.3) is 0 Å². The summed E-state index contributed by atoms with van der Waals surface area (Å²) in [5.74, 6) is 0.234. The largest absolute Gasteiger partial charge is 0.383 e. The van der Waals surface area contributed by atoms with E-state index < -0.39 is 0 Å². The Bertz CT molecular complexity index is 603. The van der Waals surface area contributed by atoms with Gasteiger partial charge in [0.15, 0.2) is 5.78 Å². The molecule has 0 spiro atoms. The monoisotopic (exact) mass is 269 g/mol. The summed E-state index contributed by atoms with van der Waals surface area (Å²) in [7, 11) is 1.90. The molecule has 0 amide bonds. The predicted octanol–water partition coefficient (Wildman–Crippen LogP) is 1.97. The van der Waals surface area contributed by atoms with E-state index in [9.17, 15) is 4.79 Å². The lowest BCUT2D eigenvalue weighted by atomic mass is 9.95. The average Bonchev–Trinajstić information content (AvgIpc) is 2.45. The highest BCUT2D eigenvalue weighted by Gasteiger charge is 2.18. The van der Waals surface area contributed by atoms with Crippen LogP contribution in [0.25, 0.3) is 0 Å². The Kier molecular flexibility index (Phi) is 4.48. The molecule has 20 heavy (non-hydrogen) atoms. The second kappa shape index (κ2) is 6.30. The van der Waals surface area contributed by atoms with Gasteiger partial charge < -0.3 is 11.1 Å².